The van der Waals surface area contributed by atoms with Gasteiger partial charge in [0.1, 0.15) is 12.0 Å². The summed E-state index contributed by atoms with van der Waals surface area (Å²) in [6.45, 7) is 0. The number of methoxy groups -OCH3 is 1. The van der Waals surface area contributed by atoms with Crippen LogP contribution in [0.5, 0.6) is 0 Å². The summed E-state index contributed by atoms with van der Waals surface area (Å²) in [5, 5.41) is 3.34. The molecule has 0 saturated carbocycles. The third-order valence-corrected chi connectivity index (χ3v) is 4.16. The van der Waals surface area contributed by atoms with Gasteiger partial charge in [-0.05, 0) is 24.3 Å². The van der Waals surface area contributed by atoms with Gasteiger partial charge in [0.15, 0.2) is 16.8 Å². The van der Waals surface area contributed by atoms with Crippen LogP contribution in [0.4, 0.5) is 28.7 Å². The normalized spacial score (nSPS) is 10.3. The molecule has 3 N–H and O–H groups in total. The van der Waals surface area contributed by atoms with Crippen molar-refractivity contribution in [3.63, 3.8) is 0 Å². The summed E-state index contributed by atoms with van der Waals surface area (Å²) in [6.07, 6.45) is 2.95. The number of nitrogens with one attached hydrogen (secondary N) is 1. The Labute approximate surface area is 161 Å². The molecule has 0 atom stereocenters. The molecule has 0 amide bonds. The van der Waals surface area contributed by atoms with Gasteiger partial charge in [-0.1, -0.05) is 23.7 Å². The van der Waals surface area contributed by atoms with E-state index in [-0.39, 0.29) is 0 Å². The molecule has 3 aromatic rings. The Bertz CT molecular complexity index is 982. The van der Waals surface area contributed by atoms with Crippen LogP contribution in [-0.2, 0) is 4.74 Å². The molecule has 1 aromatic carbocycles. The van der Waals surface area contributed by atoms with E-state index in [2.05, 4.69) is 20.3 Å². The molecule has 0 unspecified atom stereocenters. The Morgan fingerprint density at radius 2 is 1.96 bits per heavy atom. The Balaban J connectivity index is 1.99. The second-order valence-corrected chi connectivity index (χ2v) is 5.85. The van der Waals surface area contributed by atoms with E-state index in [1.54, 1.807) is 48.5 Å². The minimum Gasteiger partial charge on any atom is -0.465 e. The van der Waals surface area contributed by atoms with E-state index in [0.717, 1.165) is 0 Å². The number of aromatic nitrogens is 3. The van der Waals surface area contributed by atoms with Crippen LogP contribution in [0.2, 0.25) is 5.15 Å². The van der Waals surface area contributed by atoms with Crippen molar-refractivity contribution < 1.29 is 9.53 Å². The minimum absolute atomic E-state index is 0.291. The number of rotatable bonds is 5. The highest BCUT2D eigenvalue weighted by atomic mass is 35.5. The van der Waals surface area contributed by atoms with Crippen molar-refractivity contribution >= 4 is 46.3 Å². The molecule has 9 heteroatoms. The molecule has 0 aliphatic carbocycles. The summed E-state index contributed by atoms with van der Waals surface area (Å²) in [5.41, 5.74) is 8.11. The minimum atomic E-state index is -0.453. The lowest BCUT2D eigenvalue weighted by Gasteiger charge is -2.23. The number of nitrogens with zero attached hydrogens (tertiary/aromatic N) is 4. The maximum absolute atomic E-state index is 12.1. The average Bonchev–Trinajstić information content (AvgIpc) is 2.70. The van der Waals surface area contributed by atoms with Gasteiger partial charge in [-0.2, -0.15) is 0 Å². The van der Waals surface area contributed by atoms with Crippen molar-refractivity contribution in [3.05, 3.63) is 59.6 Å². The summed E-state index contributed by atoms with van der Waals surface area (Å²) >= 11 is 6.08. The predicted molar refractivity (Wildman–Crippen MR) is 105 cm³/mol. The number of ether oxygens (including phenoxy) is 1. The highest BCUT2D eigenvalue weighted by Gasteiger charge is 2.19. The Kier molecular flexibility index (Phi) is 5.37. The number of anilines is 5. The summed E-state index contributed by atoms with van der Waals surface area (Å²) in [4.78, 5) is 26.2. The third kappa shape index (κ3) is 3.75. The number of nitrogens with two attached hydrogens (primary N) is 1. The van der Waals surface area contributed by atoms with Crippen molar-refractivity contribution in [3.8, 4) is 0 Å². The molecule has 0 aliphatic heterocycles. The van der Waals surface area contributed by atoms with Crippen LogP contribution in [0.15, 0.2) is 48.9 Å². The molecular weight excluding hydrogens is 368 g/mol. The lowest BCUT2D eigenvalue weighted by Crippen LogP contribution is -2.18. The quantitative estimate of drug-likeness (QED) is 0.509. The fraction of sp³-hybridized carbons (Fsp3) is 0.111. The van der Waals surface area contributed by atoms with Crippen LogP contribution in [0.25, 0.3) is 0 Å². The number of hydrogen-bond donors (Lipinski definition) is 2. The van der Waals surface area contributed by atoms with E-state index in [4.69, 9.17) is 22.1 Å². The predicted octanol–water partition coefficient (Wildman–Crippen LogP) is 3.41. The van der Waals surface area contributed by atoms with Crippen molar-refractivity contribution in [1.82, 2.24) is 15.0 Å². The van der Waals surface area contributed by atoms with Crippen molar-refractivity contribution in [2.24, 2.45) is 0 Å². The number of carbonyl (C=O) groups excluding carboxylic acids is 1. The molecule has 0 fully saturated rings. The number of nitrogen functional groups attached to an aromatic ring is 1. The number of para-hydroxylation sites is 1. The van der Waals surface area contributed by atoms with E-state index < -0.39 is 5.97 Å². The molecule has 3 rings (SSSR count). The number of benzene rings is 1. The van der Waals surface area contributed by atoms with Gasteiger partial charge in [-0.15, -0.1) is 0 Å². The molecule has 0 aliphatic rings. The van der Waals surface area contributed by atoms with Gasteiger partial charge in [0, 0.05) is 13.2 Å². The maximum Gasteiger partial charge on any atom is 0.339 e. The van der Waals surface area contributed by atoms with Gasteiger partial charge in [0.2, 0.25) is 0 Å². The number of halogens is 1. The molecule has 2 heterocycles. The second-order valence-electron chi connectivity index (χ2n) is 5.49. The van der Waals surface area contributed by atoms with Gasteiger partial charge in [0.25, 0.3) is 0 Å². The first-order valence-electron chi connectivity index (χ1n) is 7.92. The Morgan fingerprint density at radius 3 is 2.70 bits per heavy atom. The summed E-state index contributed by atoms with van der Waals surface area (Å²) in [6, 6.07) is 10.5. The molecule has 27 heavy (non-hydrogen) atoms. The van der Waals surface area contributed by atoms with Gasteiger partial charge in [-0.3, -0.25) is 0 Å². The number of esters is 1. The van der Waals surface area contributed by atoms with Crippen molar-refractivity contribution in [2.45, 2.75) is 0 Å². The van der Waals surface area contributed by atoms with Crippen molar-refractivity contribution in [2.75, 3.05) is 30.1 Å². The largest absolute Gasteiger partial charge is 0.465 e. The molecule has 2 aromatic heterocycles. The van der Waals surface area contributed by atoms with E-state index in [1.807, 2.05) is 6.07 Å². The smallest absolute Gasteiger partial charge is 0.339 e. The van der Waals surface area contributed by atoms with Gasteiger partial charge in [0.05, 0.1) is 24.0 Å². The molecule has 8 nitrogen and oxygen atoms in total. The number of carbonyl (C=O) groups is 1. The van der Waals surface area contributed by atoms with Crippen LogP contribution in [0.3, 0.4) is 0 Å². The monoisotopic (exact) mass is 384 g/mol. The lowest BCUT2D eigenvalue weighted by molar-refractivity contribution is 0.0601. The summed E-state index contributed by atoms with van der Waals surface area (Å²) in [5.74, 6) is 0.340. The van der Waals surface area contributed by atoms with Gasteiger partial charge in [-0.25, -0.2) is 19.7 Å². The first kappa shape index (κ1) is 18.4. The highest BCUT2D eigenvalue weighted by Crippen LogP contribution is 2.34. The molecular formula is C18H17ClN6O2. The third-order valence-electron chi connectivity index (χ3n) is 3.86. The average molecular weight is 385 g/mol. The molecule has 0 bridgehead atoms. The Morgan fingerprint density at radius 1 is 1.19 bits per heavy atom. The number of hydrogen-bond acceptors (Lipinski definition) is 8. The van der Waals surface area contributed by atoms with Crippen LogP contribution in [0.1, 0.15) is 10.4 Å². The first-order chi connectivity index (χ1) is 13.0. The molecule has 0 saturated heterocycles. The van der Waals surface area contributed by atoms with Crippen LogP contribution in [0, 0.1) is 0 Å². The lowest BCUT2D eigenvalue weighted by atomic mass is 10.1. The van der Waals surface area contributed by atoms with Crippen molar-refractivity contribution in [1.29, 1.82) is 0 Å². The van der Waals surface area contributed by atoms with Crippen LogP contribution < -0.4 is 16.0 Å². The van der Waals surface area contributed by atoms with Crippen LogP contribution in [-0.4, -0.2) is 35.1 Å². The zero-order valence-corrected chi connectivity index (χ0v) is 15.4. The molecule has 0 radical (unpaired) electrons. The fourth-order valence-corrected chi connectivity index (χ4v) is 2.69. The maximum atomic E-state index is 12.1. The SMILES string of the molecule is COC(=O)c1ccccc1N(C)c1ncnc(Nc2cccnc2Cl)c1N. The molecule has 0 spiro atoms. The van der Waals surface area contributed by atoms with Crippen LogP contribution >= 0.6 is 11.6 Å². The highest BCUT2D eigenvalue weighted by molar-refractivity contribution is 6.32. The number of pyridine rings is 1. The van der Waals surface area contributed by atoms with E-state index in [9.17, 15) is 4.79 Å². The summed E-state index contributed by atoms with van der Waals surface area (Å²) in [7, 11) is 3.08. The standard InChI is InChI=1S/C18H17ClN6O2/c1-25(13-8-4-3-6-11(13)18(26)27-2)17-14(20)16(22-10-23-17)24-12-7-5-9-21-15(12)19/h3-10H,20H2,1-2H3,(H,22,23,24). The summed E-state index contributed by atoms with van der Waals surface area (Å²) < 4.78 is 4.85. The zero-order chi connectivity index (χ0) is 19.4. The molecule has 138 valence electrons. The van der Waals surface area contributed by atoms with E-state index >= 15 is 0 Å². The topological polar surface area (TPSA) is 106 Å². The first-order valence-corrected chi connectivity index (χ1v) is 8.29. The second kappa shape index (κ2) is 7.88. The van der Waals surface area contributed by atoms with E-state index in [0.29, 0.717) is 39.4 Å². The zero-order valence-electron chi connectivity index (χ0n) is 14.7. The van der Waals surface area contributed by atoms with Gasteiger partial charge >= 0.3 is 5.97 Å². The fourth-order valence-electron chi connectivity index (χ4n) is 2.52. The van der Waals surface area contributed by atoms with E-state index in [1.165, 1.54) is 13.4 Å². The Hall–Kier alpha value is -3.39. The van der Waals surface area contributed by atoms with Gasteiger partial charge < -0.3 is 20.7 Å².